The van der Waals surface area contributed by atoms with E-state index in [4.69, 9.17) is 9.84 Å². The Kier molecular flexibility index (Phi) is 7.36. The van der Waals surface area contributed by atoms with Gasteiger partial charge in [0.2, 0.25) is 5.91 Å². The average Bonchev–Trinajstić information content (AvgIpc) is 2.54. The van der Waals surface area contributed by atoms with E-state index in [2.05, 4.69) is 12.2 Å². The number of ether oxygens (including phenoxy) is 1. The van der Waals surface area contributed by atoms with Crippen LogP contribution in [-0.2, 0) is 20.7 Å². The molecular weight excluding hydrogens is 322 g/mol. The van der Waals surface area contributed by atoms with Gasteiger partial charge in [-0.3, -0.25) is 19.4 Å². The molecule has 2 N–H and O–H groups in total. The molecule has 1 heterocycles. The van der Waals surface area contributed by atoms with Crippen molar-refractivity contribution in [3.8, 4) is 0 Å². The lowest BCUT2D eigenvalue weighted by molar-refractivity contribution is -0.138. The highest BCUT2D eigenvalue weighted by Crippen LogP contribution is 2.12. The van der Waals surface area contributed by atoms with Crippen LogP contribution >= 0.6 is 0 Å². The van der Waals surface area contributed by atoms with Crippen LogP contribution in [0.3, 0.4) is 0 Å². The number of amides is 1. The third-order valence-electron chi connectivity index (χ3n) is 4.13. The standard InChI is InChI=1S/C18H27N3O4/c1-3-14-5-4-6-15(9-14)19-17(22)12-21-7-8-25-16(11-21)10-20(2)13-18(23)24/h4-6,9,16H,3,7-8,10-13H2,1-2H3,(H,19,22)(H,23,24). The van der Waals surface area contributed by atoms with Gasteiger partial charge in [-0.1, -0.05) is 19.1 Å². The SMILES string of the molecule is CCc1cccc(NC(=O)CN2CCOC(CN(C)CC(=O)O)C2)c1. The lowest BCUT2D eigenvalue weighted by Crippen LogP contribution is -2.49. The first-order valence-corrected chi connectivity index (χ1v) is 8.59. The van der Waals surface area contributed by atoms with E-state index in [0.717, 1.165) is 12.1 Å². The van der Waals surface area contributed by atoms with E-state index in [0.29, 0.717) is 32.8 Å². The monoisotopic (exact) mass is 349 g/mol. The molecule has 2 rings (SSSR count). The van der Waals surface area contributed by atoms with Crippen molar-refractivity contribution in [2.24, 2.45) is 0 Å². The molecule has 1 atom stereocenters. The number of nitrogens with zero attached hydrogens (tertiary/aromatic N) is 2. The number of rotatable bonds is 8. The van der Waals surface area contributed by atoms with Crippen molar-refractivity contribution in [2.45, 2.75) is 19.4 Å². The average molecular weight is 349 g/mol. The van der Waals surface area contributed by atoms with Gasteiger partial charge in [-0.2, -0.15) is 0 Å². The molecule has 7 nitrogen and oxygen atoms in total. The minimum Gasteiger partial charge on any atom is -0.480 e. The van der Waals surface area contributed by atoms with Gasteiger partial charge in [0.05, 0.1) is 25.8 Å². The van der Waals surface area contributed by atoms with Crippen molar-refractivity contribution in [3.63, 3.8) is 0 Å². The predicted molar refractivity (Wildman–Crippen MR) is 95.8 cm³/mol. The van der Waals surface area contributed by atoms with Crippen LogP contribution in [0.4, 0.5) is 5.69 Å². The summed E-state index contributed by atoms with van der Waals surface area (Å²) < 4.78 is 5.68. The number of anilines is 1. The first-order valence-electron chi connectivity index (χ1n) is 8.59. The fourth-order valence-electron chi connectivity index (χ4n) is 2.95. The highest BCUT2D eigenvalue weighted by molar-refractivity contribution is 5.92. The van der Waals surface area contributed by atoms with Gasteiger partial charge in [0, 0.05) is 25.3 Å². The molecule has 7 heteroatoms. The van der Waals surface area contributed by atoms with E-state index in [9.17, 15) is 9.59 Å². The molecule has 138 valence electrons. The van der Waals surface area contributed by atoms with Gasteiger partial charge in [-0.25, -0.2) is 0 Å². The van der Waals surface area contributed by atoms with E-state index in [1.165, 1.54) is 5.56 Å². The first kappa shape index (κ1) is 19.4. The molecule has 0 spiro atoms. The molecule has 1 aliphatic rings. The first-order chi connectivity index (χ1) is 12.0. The Hall–Kier alpha value is -1.96. The zero-order valence-corrected chi connectivity index (χ0v) is 14.9. The fourth-order valence-corrected chi connectivity index (χ4v) is 2.95. The van der Waals surface area contributed by atoms with Gasteiger partial charge >= 0.3 is 5.97 Å². The Labute approximate surface area is 148 Å². The van der Waals surface area contributed by atoms with Crippen LogP contribution in [0.5, 0.6) is 0 Å². The van der Waals surface area contributed by atoms with E-state index in [1.807, 2.05) is 29.2 Å². The van der Waals surface area contributed by atoms with Gasteiger partial charge in [-0.15, -0.1) is 0 Å². The van der Waals surface area contributed by atoms with Gasteiger partial charge in [0.1, 0.15) is 0 Å². The molecule has 0 aliphatic carbocycles. The molecule has 1 aromatic rings. The van der Waals surface area contributed by atoms with E-state index < -0.39 is 5.97 Å². The smallest absolute Gasteiger partial charge is 0.317 e. The van der Waals surface area contributed by atoms with Crippen molar-refractivity contribution in [3.05, 3.63) is 29.8 Å². The quantitative estimate of drug-likeness (QED) is 0.726. The second-order valence-electron chi connectivity index (χ2n) is 6.42. The summed E-state index contributed by atoms with van der Waals surface area (Å²) >= 11 is 0. The molecular formula is C18H27N3O4. The molecule has 1 aliphatic heterocycles. The molecule has 0 bridgehead atoms. The minimum absolute atomic E-state index is 0.0197. The number of aryl methyl sites for hydroxylation is 1. The number of carboxylic acid groups (broad SMARTS) is 1. The number of morpholine rings is 1. The zero-order valence-electron chi connectivity index (χ0n) is 14.9. The maximum atomic E-state index is 12.3. The zero-order chi connectivity index (χ0) is 18.2. The molecule has 1 aromatic carbocycles. The number of hydrogen-bond donors (Lipinski definition) is 2. The fraction of sp³-hybridized carbons (Fsp3) is 0.556. The second kappa shape index (κ2) is 9.50. The molecule has 1 fully saturated rings. The maximum absolute atomic E-state index is 12.3. The third-order valence-corrected chi connectivity index (χ3v) is 4.13. The van der Waals surface area contributed by atoms with Crippen molar-refractivity contribution >= 4 is 17.6 Å². The van der Waals surface area contributed by atoms with E-state index in [1.54, 1.807) is 11.9 Å². The summed E-state index contributed by atoms with van der Waals surface area (Å²) in [6, 6.07) is 7.86. The number of carbonyl (C=O) groups excluding carboxylic acids is 1. The second-order valence-corrected chi connectivity index (χ2v) is 6.42. The van der Waals surface area contributed by atoms with Crippen molar-refractivity contribution in [1.29, 1.82) is 0 Å². The molecule has 1 saturated heterocycles. The summed E-state index contributed by atoms with van der Waals surface area (Å²) in [5, 5.41) is 11.8. The Morgan fingerprint density at radius 3 is 2.96 bits per heavy atom. The number of carbonyl (C=O) groups is 2. The van der Waals surface area contributed by atoms with Gasteiger partial charge < -0.3 is 15.2 Å². The Bertz CT molecular complexity index is 593. The number of carboxylic acids is 1. The number of likely N-dealkylation sites (N-methyl/N-ethyl adjacent to an activating group) is 1. The molecule has 25 heavy (non-hydrogen) atoms. The highest BCUT2D eigenvalue weighted by atomic mass is 16.5. The molecule has 0 radical (unpaired) electrons. The largest absolute Gasteiger partial charge is 0.480 e. The summed E-state index contributed by atoms with van der Waals surface area (Å²) in [7, 11) is 1.75. The minimum atomic E-state index is -0.858. The Morgan fingerprint density at radius 1 is 1.44 bits per heavy atom. The van der Waals surface area contributed by atoms with Crippen LogP contribution in [0, 0.1) is 0 Å². The molecule has 1 amide bonds. The molecule has 1 unspecified atom stereocenters. The van der Waals surface area contributed by atoms with E-state index in [-0.39, 0.29) is 18.6 Å². The predicted octanol–water partition coefficient (Wildman–Crippen LogP) is 0.905. The lowest BCUT2D eigenvalue weighted by atomic mass is 10.1. The maximum Gasteiger partial charge on any atom is 0.317 e. The van der Waals surface area contributed by atoms with Crippen LogP contribution in [0.15, 0.2) is 24.3 Å². The summed E-state index contributed by atoms with van der Waals surface area (Å²) in [5.41, 5.74) is 2.00. The normalized spacial score (nSPS) is 18.3. The molecule has 0 saturated carbocycles. The molecule has 0 aromatic heterocycles. The number of hydrogen-bond acceptors (Lipinski definition) is 5. The highest BCUT2D eigenvalue weighted by Gasteiger charge is 2.23. The number of benzene rings is 1. The van der Waals surface area contributed by atoms with Gasteiger partial charge in [0.15, 0.2) is 0 Å². The lowest BCUT2D eigenvalue weighted by Gasteiger charge is -2.34. The number of nitrogens with one attached hydrogen (secondary N) is 1. The van der Waals surface area contributed by atoms with Crippen LogP contribution in [-0.4, -0.2) is 79.3 Å². The number of aliphatic carboxylic acids is 1. The summed E-state index contributed by atoms with van der Waals surface area (Å²) in [4.78, 5) is 26.8. The Balaban J connectivity index is 1.80. The Morgan fingerprint density at radius 2 is 2.24 bits per heavy atom. The third kappa shape index (κ3) is 6.81. The van der Waals surface area contributed by atoms with Crippen LogP contribution < -0.4 is 5.32 Å². The summed E-state index contributed by atoms with van der Waals surface area (Å²) in [6.45, 7) is 4.75. The topological polar surface area (TPSA) is 82.1 Å². The van der Waals surface area contributed by atoms with Crippen LogP contribution in [0.1, 0.15) is 12.5 Å². The summed E-state index contributed by atoms with van der Waals surface area (Å²) in [6.07, 6.45) is 0.841. The van der Waals surface area contributed by atoms with Crippen molar-refractivity contribution in [1.82, 2.24) is 9.80 Å². The van der Waals surface area contributed by atoms with Gasteiger partial charge in [-0.05, 0) is 31.2 Å². The summed E-state index contributed by atoms with van der Waals surface area (Å²) in [5.74, 6) is -0.906. The van der Waals surface area contributed by atoms with Crippen LogP contribution in [0.25, 0.3) is 0 Å². The van der Waals surface area contributed by atoms with Gasteiger partial charge in [0.25, 0.3) is 0 Å². The van der Waals surface area contributed by atoms with Crippen LogP contribution in [0.2, 0.25) is 0 Å². The van der Waals surface area contributed by atoms with Crippen molar-refractivity contribution in [2.75, 3.05) is 51.7 Å². The van der Waals surface area contributed by atoms with E-state index >= 15 is 0 Å². The van der Waals surface area contributed by atoms with Crippen molar-refractivity contribution < 1.29 is 19.4 Å².